The fourth-order valence-electron chi connectivity index (χ4n) is 5.19. The summed E-state index contributed by atoms with van der Waals surface area (Å²) in [5.41, 5.74) is 2.69. The first kappa shape index (κ1) is 22.8. The molecule has 1 spiro atoms. The highest BCUT2D eigenvalue weighted by molar-refractivity contribution is 7.85. The molecule has 0 amide bonds. The van der Waals surface area contributed by atoms with E-state index in [-0.39, 0.29) is 12.2 Å². The lowest BCUT2D eigenvalue weighted by atomic mass is 9.74. The molecule has 3 atom stereocenters. The molecule has 0 aliphatic carbocycles. The van der Waals surface area contributed by atoms with E-state index >= 15 is 0 Å². The third kappa shape index (κ3) is 5.18. The van der Waals surface area contributed by atoms with E-state index in [0.717, 1.165) is 44.5 Å². The fraction of sp³-hybridized carbons (Fsp3) is 0.739. The first-order valence-corrected chi connectivity index (χ1v) is 13.1. The summed E-state index contributed by atoms with van der Waals surface area (Å²) in [6.07, 6.45) is 4.79. The van der Waals surface area contributed by atoms with Crippen LogP contribution in [0.4, 0.5) is 0 Å². The van der Waals surface area contributed by atoms with Crippen molar-refractivity contribution >= 4 is 10.1 Å². The van der Waals surface area contributed by atoms with Crippen LogP contribution in [0.2, 0.25) is 0 Å². The minimum atomic E-state index is -3.42. The topological polar surface area (TPSA) is 77.6 Å². The summed E-state index contributed by atoms with van der Waals surface area (Å²) in [6, 6.07) is 4.59. The summed E-state index contributed by atoms with van der Waals surface area (Å²) in [6.45, 7) is 8.12. The van der Waals surface area contributed by atoms with Crippen molar-refractivity contribution in [1.82, 2.24) is 4.90 Å². The lowest BCUT2D eigenvalue weighted by Crippen LogP contribution is -2.50. The smallest absolute Gasteiger partial charge is 0.264 e. The largest absolute Gasteiger partial charge is 0.493 e. The summed E-state index contributed by atoms with van der Waals surface area (Å²) in [7, 11) is -1.76. The number of nitrogens with zero attached hydrogens (tertiary/aromatic N) is 1. The standard InChI is InChI=1S/C23H35NO6S/c1-16(2)10-18-14-24-7-6-17-11-22(28-8-5-9-30-31(4,25)26)21(27-3)12-19(17)20(24)13-23(18)15-29-23/h11-12,16,18,20H,5-10,13-15H2,1-4H3/t18-,20-,23?/m1/s1. The van der Waals surface area contributed by atoms with E-state index in [0.29, 0.717) is 36.7 Å². The molecule has 0 radical (unpaired) electrons. The molecule has 4 rings (SSSR count). The summed E-state index contributed by atoms with van der Waals surface area (Å²) < 4.78 is 44.5. The second-order valence-electron chi connectivity index (χ2n) is 9.57. The molecule has 0 bridgehead atoms. The number of methoxy groups -OCH3 is 1. The van der Waals surface area contributed by atoms with Crippen molar-refractivity contribution in [1.29, 1.82) is 0 Å². The van der Waals surface area contributed by atoms with Gasteiger partial charge in [-0.1, -0.05) is 13.8 Å². The third-order valence-electron chi connectivity index (χ3n) is 6.75. The van der Waals surface area contributed by atoms with Gasteiger partial charge in [0.05, 0.1) is 38.8 Å². The zero-order valence-corrected chi connectivity index (χ0v) is 19.9. The van der Waals surface area contributed by atoms with Gasteiger partial charge in [0.25, 0.3) is 10.1 Å². The SMILES string of the molecule is COc1cc2c(cc1OCCCOS(C)(=O)=O)CCN1C[C@@H](CC(C)C)C3(CO3)C[C@H]21. The number of hydrogen-bond acceptors (Lipinski definition) is 7. The molecular formula is C23H35NO6S. The Hall–Kier alpha value is -1.35. The van der Waals surface area contributed by atoms with Crippen LogP contribution in [0.25, 0.3) is 0 Å². The zero-order valence-electron chi connectivity index (χ0n) is 19.1. The molecule has 3 aliphatic heterocycles. The van der Waals surface area contributed by atoms with E-state index in [1.807, 2.05) is 0 Å². The van der Waals surface area contributed by atoms with Crippen LogP contribution in [0.3, 0.4) is 0 Å². The third-order valence-corrected chi connectivity index (χ3v) is 7.34. The predicted molar refractivity (Wildman–Crippen MR) is 118 cm³/mol. The van der Waals surface area contributed by atoms with E-state index in [4.69, 9.17) is 18.4 Å². The van der Waals surface area contributed by atoms with Crippen molar-refractivity contribution in [3.8, 4) is 11.5 Å². The Labute approximate surface area is 186 Å². The highest BCUT2D eigenvalue weighted by Crippen LogP contribution is 2.53. The molecule has 2 saturated heterocycles. The van der Waals surface area contributed by atoms with Crippen LogP contribution in [0.5, 0.6) is 11.5 Å². The summed E-state index contributed by atoms with van der Waals surface area (Å²) in [5, 5.41) is 0. The maximum absolute atomic E-state index is 11.1. The van der Waals surface area contributed by atoms with E-state index in [1.165, 1.54) is 17.5 Å². The average molecular weight is 454 g/mol. The van der Waals surface area contributed by atoms with Gasteiger partial charge in [0.15, 0.2) is 11.5 Å². The highest BCUT2D eigenvalue weighted by atomic mass is 32.2. The van der Waals surface area contributed by atoms with Crippen LogP contribution in [-0.4, -0.2) is 65.2 Å². The average Bonchev–Trinajstić information content (AvgIpc) is 3.47. The zero-order chi connectivity index (χ0) is 22.2. The van der Waals surface area contributed by atoms with E-state index < -0.39 is 10.1 Å². The maximum atomic E-state index is 11.1. The van der Waals surface area contributed by atoms with Gasteiger partial charge in [-0.15, -0.1) is 0 Å². The molecule has 1 aromatic rings. The van der Waals surface area contributed by atoms with Gasteiger partial charge in [0.2, 0.25) is 0 Å². The molecule has 2 fully saturated rings. The number of piperidine rings is 1. The van der Waals surface area contributed by atoms with Crippen molar-refractivity contribution in [2.75, 3.05) is 46.3 Å². The van der Waals surface area contributed by atoms with Crippen molar-refractivity contribution in [3.05, 3.63) is 23.3 Å². The lowest BCUT2D eigenvalue weighted by Gasteiger charge is -2.47. The fourth-order valence-corrected chi connectivity index (χ4v) is 5.61. The van der Waals surface area contributed by atoms with Gasteiger partial charge >= 0.3 is 0 Å². The van der Waals surface area contributed by atoms with Crippen LogP contribution in [-0.2, 0) is 25.5 Å². The molecule has 3 heterocycles. The molecule has 7 nitrogen and oxygen atoms in total. The number of epoxide rings is 1. The molecule has 8 heteroatoms. The maximum Gasteiger partial charge on any atom is 0.264 e. The van der Waals surface area contributed by atoms with Crippen molar-refractivity contribution in [3.63, 3.8) is 0 Å². The summed E-state index contributed by atoms with van der Waals surface area (Å²) in [4.78, 5) is 2.63. The van der Waals surface area contributed by atoms with Gasteiger partial charge in [-0.25, -0.2) is 0 Å². The second kappa shape index (κ2) is 8.89. The minimum absolute atomic E-state index is 0.0576. The van der Waals surface area contributed by atoms with Crippen molar-refractivity contribution in [2.45, 2.75) is 51.2 Å². The number of hydrogen-bond donors (Lipinski definition) is 0. The minimum Gasteiger partial charge on any atom is -0.493 e. The Bertz CT molecular complexity index is 896. The van der Waals surface area contributed by atoms with Gasteiger partial charge in [-0.3, -0.25) is 9.08 Å². The lowest BCUT2D eigenvalue weighted by molar-refractivity contribution is 0.0224. The Kier molecular flexibility index (Phi) is 6.54. The van der Waals surface area contributed by atoms with E-state index in [2.05, 4.69) is 30.9 Å². The van der Waals surface area contributed by atoms with Crippen LogP contribution < -0.4 is 9.47 Å². The Morgan fingerprint density at radius 3 is 2.68 bits per heavy atom. The Morgan fingerprint density at radius 2 is 2.03 bits per heavy atom. The van der Waals surface area contributed by atoms with E-state index in [1.54, 1.807) is 7.11 Å². The van der Waals surface area contributed by atoms with Gasteiger partial charge in [-0.2, -0.15) is 8.42 Å². The molecule has 0 aromatic heterocycles. The highest BCUT2D eigenvalue weighted by Gasteiger charge is 2.57. The normalized spacial score (nSPS) is 27.8. The molecule has 3 aliphatic rings. The van der Waals surface area contributed by atoms with Gasteiger partial charge < -0.3 is 14.2 Å². The Balaban J connectivity index is 1.46. The van der Waals surface area contributed by atoms with Crippen LogP contribution in [0, 0.1) is 11.8 Å². The first-order valence-electron chi connectivity index (χ1n) is 11.3. The molecule has 1 aromatic carbocycles. The molecule has 174 valence electrons. The van der Waals surface area contributed by atoms with Crippen LogP contribution in [0.15, 0.2) is 12.1 Å². The number of rotatable bonds is 9. The van der Waals surface area contributed by atoms with Gasteiger partial charge in [0.1, 0.15) is 0 Å². The van der Waals surface area contributed by atoms with Gasteiger partial charge in [0, 0.05) is 31.5 Å². The van der Waals surface area contributed by atoms with Crippen LogP contribution in [0.1, 0.15) is 50.3 Å². The number of benzene rings is 1. The Morgan fingerprint density at radius 1 is 1.26 bits per heavy atom. The second-order valence-corrected chi connectivity index (χ2v) is 11.2. The molecule has 1 unspecified atom stereocenters. The van der Waals surface area contributed by atoms with Crippen molar-refractivity contribution < 1.29 is 26.8 Å². The molecular weight excluding hydrogens is 418 g/mol. The van der Waals surface area contributed by atoms with E-state index in [9.17, 15) is 8.42 Å². The van der Waals surface area contributed by atoms with Crippen molar-refractivity contribution in [2.24, 2.45) is 11.8 Å². The number of fused-ring (bicyclic) bond motifs is 3. The first-order chi connectivity index (χ1) is 14.7. The molecule has 0 N–H and O–H groups in total. The molecule has 0 saturated carbocycles. The monoisotopic (exact) mass is 453 g/mol. The summed E-state index contributed by atoms with van der Waals surface area (Å²) >= 11 is 0. The number of ether oxygens (including phenoxy) is 3. The van der Waals surface area contributed by atoms with Gasteiger partial charge in [-0.05, 0) is 48.4 Å². The predicted octanol–water partition coefficient (Wildman–Crippen LogP) is 3.17. The quantitative estimate of drug-likeness (QED) is 0.323. The summed E-state index contributed by atoms with van der Waals surface area (Å²) in [5.74, 6) is 2.73. The van der Waals surface area contributed by atoms with Crippen LogP contribution >= 0.6 is 0 Å². The molecule has 31 heavy (non-hydrogen) atoms.